The van der Waals surface area contributed by atoms with E-state index >= 15 is 0 Å². The van der Waals surface area contributed by atoms with E-state index in [1.165, 1.54) is 18.4 Å². The lowest BCUT2D eigenvalue weighted by Gasteiger charge is -2.37. The zero-order valence-corrected chi connectivity index (χ0v) is 23.2. The topological polar surface area (TPSA) is 65.9 Å². The Kier molecular flexibility index (Phi) is 7.14. The average Bonchev–Trinajstić information content (AvgIpc) is 3.68. The largest absolute Gasteiger partial charge is 0.488 e. The van der Waals surface area contributed by atoms with Gasteiger partial charge in [0, 0.05) is 49.3 Å². The van der Waals surface area contributed by atoms with Crippen molar-refractivity contribution in [2.75, 3.05) is 37.7 Å². The molecule has 3 aliphatic rings. The summed E-state index contributed by atoms with van der Waals surface area (Å²) in [7, 11) is 0. The molecule has 2 saturated heterocycles. The predicted molar refractivity (Wildman–Crippen MR) is 152 cm³/mol. The van der Waals surface area contributed by atoms with Crippen LogP contribution >= 0.6 is 11.3 Å². The summed E-state index contributed by atoms with van der Waals surface area (Å²) in [5, 5.41) is 13.0. The molecule has 2 aliphatic heterocycles. The van der Waals surface area contributed by atoms with Crippen molar-refractivity contribution < 1.29 is 14.6 Å². The van der Waals surface area contributed by atoms with E-state index in [4.69, 9.17) is 9.72 Å². The second kappa shape index (κ2) is 10.7. The molecule has 3 atom stereocenters. The lowest BCUT2D eigenvalue weighted by Crippen LogP contribution is -2.43. The van der Waals surface area contributed by atoms with Crippen LogP contribution in [-0.2, 0) is 6.61 Å². The number of fused-ring (bicyclic) bond motifs is 2. The molecule has 200 valence electrons. The molecule has 3 fully saturated rings. The second-order valence-electron chi connectivity index (χ2n) is 11.3. The maximum Gasteiger partial charge on any atom is 0.253 e. The van der Waals surface area contributed by atoms with Gasteiger partial charge in [-0.15, -0.1) is 11.3 Å². The average molecular weight is 532 g/mol. The molecular formula is C31H37N3O3S. The lowest BCUT2D eigenvalue weighted by atomic mass is 9.86. The molecule has 1 N–H and O–H groups in total. The van der Waals surface area contributed by atoms with E-state index in [0.717, 1.165) is 77.8 Å². The van der Waals surface area contributed by atoms with Crippen LogP contribution in [0.1, 0.15) is 52.7 Å². The number of aromatic nitrogens is 1. The molecule has 7 heteroatoms. The summed E-state index contributed by atoms with van der Waals surface area (Å²) in [6.07, 6.45) is 4.62. The third-order valence-corrected chi connectivity index (χ3v) is 9.68. The van der Waals surface area contributed by atoms with Gasteiger partial charge in [0.1, 0.15) is 12.4 Å². The summed E-state index contributed by atoms with van der Waals surface area (Å²) >= 11 is 1.70. The predicted octanol–water partition coefficient (Wildman–Crippen LogP) is 5.70. The molecule has 0 unspecified atom stereocenters. The Bertz CT molecular complexity index is 1300. The van der Waals surface area contributed by atoms with Crippen molar-refractivity contribution in [3.05, 3.63) is 64.0 Å². The minimum absolute atomic E-state index is 0.131. The van der Waals surface area contributed by atoms with Gasteiger partial charge in [0.05, 0.1) is 5.69 Å². The van der Waals surface area contributed by atoms with Gasteiger partial charge in [-0.3, -0.25) is 4.79 Å². The number of aryl methyl sites for hydroxylation is 2. The Hall–Kier alpha value is -2.90. The highest BCUT2D eigenvalue weighted by Gasteiger charge is 2.42. The number of aliphatic hydroxyl groups is 1. The smallest absolute Gasteiger partial charge is 0.253 e. The summed E-state index contributed by atoms with van der Waals surface area (Å²) in [5.74, 6) is 2.56. The molecule has 1 amide bonds. The zero-order valence-electron chi connectivity index (χ0n) is 22.4. The SMILES string of the molecule is Cc1ccc(OCc2ccc(C(=O)N3CCCC3)cc2C)c(-c2csc(N3C[C@H]4CC[C@@H](C3)[C@H]4CO)n2)c1. The van der Waals surface area contributed by atoms with Gasteiger partial charge in [0.15, 0.2) is 5.13 Å². The van der Waals surface area contributed by atoms with Crippen molar-refractivity contribution in [2.24, 2.45) is 17.8 Å². The Morgan fingerprint density at radius 1 is 1.08 bits per heavy atom. The monoisotopic (exact) mass is 531 g/mol. The van der Waals surface area contributed by atoms with Gasteiger partial charge in [-0.05, 0) is 92.7 Å². The van der Waals surface area contributed by atoms with Gasteiger partial charge in [0.2, 0.25) is 0 Å². The Balaban J connectivity index is 1.17. The molecule has 0 spiro atoms. The van der Waals surface area contributed by atoms with Crippen molar-refractivity contribution >= 4 is 22.4 Å². The van der Waals surface area contributed by atoms with Crippen LogP contribution < -0.4 is 9.64 Å². The van der Waals surface area contributed by atoms with Crippen molar-refractivity contribution in [3.63, 3.8) is 0 Å². The number of rotatable bonds is 7. The fourth-order valence-corrected chi connectivity index (χ4v) is 7.39. The maximum atomic E-state index is 12.8. The van der Waals surface area contributed by atoms with E-state index in [-0.39, 0.29) is 5.91 Å². The molecule has 1 aliphatic carbocycles. The van der Waals surface area contributed by atoms with E-state index in [1.54, 1.807) is 11.3 Å². The van der Waals surface area contributed by atoms with Gasteiger partial charge >= 0.3 is 0 Å². The first-order valence-electron chi connectivity index (χ1n) is 13.9. The molecular weight excluding hydrogens is 494 g/mol. The summed E-state index contributed by atoms with van der Waals surface area (Å²) in [6, 6.07) is 12.2. The Morgan fingerprint density at radius 3 is 2.55 bits per heavy atom. The highest BCUT2D eigenvalue weighted by Crippen LogP contribution is 2.44. The molecule has 1 aromatic heterocycles. The number of carbonyl (C=O) groups excluding carboxylic acids is 1. The third kappa shape index (κ3) is 4.94. The molecule has 6 rings (SSSR count). The van der Waals surface area contributed by atoms with Crippen molar-refractivity contribution in [1.82, 2.24) is 9.88 Å². The van der Waals surface area contributed by atoms with E-state index in [1.807, 2.05) is 29.2 Å². The first-order chi connectivity index (χ1) is 18.5. The first-order valence-corrected chi connectivity index (χ1v) is 14.8. The van der Waals surface area contributed by atoms with E-state index in [0.29, 0.717) is 31.0 Å². The van der Waals surface area contributed by atoms with Gasteiger partial charge in [0.25, 0.3) is 5.91 Å². The minimum Gasteiger partial charge on any atom is -0.488 e. The number of benzene rings is 2. The molecule has 3 aromatic rings. The normalized spacial score (nSPS) is 22.8. The summed E-state index contributed by atoms with van der Waals surface area (Å²) < 4.78 is 6.37. The molecule has 3 heterocycles. The fraction of sp³-hybridized carbons (Fsp3) is 0.484. The van der Waals surface area contributed by atoms with Gasteiger partial charge in [-0.2, -0.15) is 0 Å². The summed E-state index contributed by atoms with van der Waals surface area (Å²) in [5.41, 5.74) is 6.04. The number of thiazole rings is 1. The molecule has 1 saturated carbocycles. The van der Waals surface area contributed by atoms with Crippen LogP contribution in [0.15, 0.2) is 41.8 Å². The van der Waals surface area contributed by atoms with Gasteiger partial charge in [-0.1, -0.05) is 17.7 Å². The van der Waals surface area contributed by atoms with Crippen molar-refractivity contribution in [3.8, 4) is 17.0 Å². The second-order valence-corrected chi connectivity index (χ2v) is 12.1. The maximum absolute atomic E-state index is 12.8. The zero-order chi connectivity index (χ0) is 26.2. The molecule has 0 radical (unpaired) electrons. The van der Waals surface area contributed by atoms with Crippen LogP contribution in [0.3, 0.4) is 0 Å². The number of hydrogen-bond donors (Lipinski definition) is 1. The number of piperidine rings is 1. The van der Waals surface area contributed by atoms with Crippen LogP contribution in [0, 0.1) is 31.6 Å². The van der Waals surface area contributed by atoms with Crippen LogP contribution in [0.4, 0.5) is 5.13 Å². The number of nitrogens with zero attached hydrogens (tertiary/aromatic N) is 3. The van der Waals surface area contributed by atoms with Crippen molar-refractivity contribution in [2.45, 2.75) is 46.1 Å². The van der Waals surface area contributed by atoms with E-state index in [9.17, 15) is 9.90 Å². The van der Waals surface area contributed by atoms with Gasteiger partial charge < -0.3 is 19.6 Å². The van der Waals surface area contributed by atoms with Crippen LogP contribution in [0.5, 0.6) is 5.75 Å². The Labute approximate surface area is 229 Å². The number of amides is 1. The first kappa shape index (κ1) is 25.4. The molecule has 2 aromatic carbocycles. The number of likely N-dealkylation sites (tertiary alicyclic amines) is 1. The standard InChI is InChI=1S/C31H37N3O3S/c1-20-5-10-29(37-18-25-9-6-22(14-21(25)2)30(36)33-11-3-4-12-33)26(13-20)28-19-38-31(32-28)34-15-23-7-8-24(16-34)27(23)17-35/h5-6,9-10,13-14,19,23-24,27,35H,3-4,7-8,11-12,15-18H2,1-2H3/t23-,24+,27+. The fourth-order valence-electron chi connectivity index (χ4n) is 6.54. The lowest BCUT2D eigenvalue weighted by molar-refractivity contribution is 0.0792. The van der Waals surface area contributed by atoms with Crippen LogP contribution in [-0.4, -0.2) is 53.7 Å². The van der Waals surface area contributed by atoms with Crippen LogP contribution in [0.2, 0.25) is 0 Å². The highest BCUT2D eigenvalue weighted by molar-refractivity contribution is 7.14. The van der Waals surface area contributed by atoms with Crippen LogP contribution in [0.25, 0.3) is 11.3 Å². The Morgan fingerprint density at radius 2 is 1.84 bits per heavy atom. The summed E-state index contributed by atoms with van der Waals surface area (Å²) in [6.45, 7) is 8.59. The van der Waals surface area contributed by atoms with Crippen molar-refractivity contribution in [1.29, 1.82) is 0 Å². The molecule has 38 heavy (non-hydrogen) atoms. The quantitative estimate of drug-likeness (QED) is 0.424. The summed E-state index contributed by atoms with van der Waals surface area (Å²) in [4.78, 5) is 22.2. The van der Waals surface area contributed by atoms with E-state index < -0.39 is 0 Å². The minimum atomic E-state index is 0.131. The highest BCUT2D eigenvalue weighted by atomic mass is 32.1. The number of anilines is 1. The number of hydrogen-bond acceptors (Lipinski definition) is 6. The number of ether oxygens (including phenoxy) is 1. The van der Waals surface area contributed by atoms with E-state index in [2.05, 4.69) is 36.3 Å². The molecule has 6 nitrogen and oxygen atoms in total. The number of carbonyl (C=O) groups is 1. The third-order valence-electron chi connectivity index (χ3n) is 8.78. The van der Waals surface area contributed by atoms with Gasteiger partial charge in [-0.25, -0.2) is 4.98 Å². The molecule has 2 bridgehead atoms. The number of aliphatic hydroxyl groups excluding tert-OH is 1.